The van der Waals surface area contributed by atoms with Crippen molar-refractivity contribution in [2.75, 3.05) is 11.5 Å². The van der Waals surface area contributed by atoms with Crippen molar-refractivity contribution in [3.63, 3.8) is 0 Å². The van der Waals surface area contributed by atoms with Gasteiger partial charge in [-0.2, -0.15) is 13.2 Å². The molecular formula is C24H26F3NO6S2. The Morgan fingerprint density at radius 3 is 2.33 bits per heavy atom. The van der Waals surface area contributed by atoms with Gasteiger partial charge >= 0.3 is 11.6 Å². The van der Waals surface area contributed by atoms with Crippen LogP contribution < -0.4 is 0 Å². The number of alkyl halides is 3. The largest absolute Gasteiger partial charge is 0.501 e. The van der Waals surface area contributed by atoms with E-state index in [0.717, 1.165) is 23.3 Å². The second-order valence-electron chi connectivity index (χ2n) is 9.58. The van der Waals surface area contributed by atoms with Gasteiger partial charge in [0.1, 0.15) is 6.10 Å². The molecule has 2 aliphatic heterocycles. The first-order valence-corrected chi connectivity index (χ1v) is 14.7. The third kappa shape index (κ3) is 5.24. The molecule has 0 unspecified atom stereocenters. The van der Waals surface area contributed by atoms with Crippen molar-refractivity contribution in [1.82, 2.24) is 4.90 Å². The number of hydrogen-bond donors (Lipinski definition) is 0. The van der Waals surface area contributed by atoms with E-state index in [1.807, 2.05) is 38.1 Å². The van der Waals surface area contributed by atoms with E-state index >= 15 is 0 Å². The van der Waals surface area contributed by atoms with Crippen molar-refractivity contribution in [2.24, 2.45) is 5.92 Å². The van der Waals surface area contributed by atoms with Crippen molar-refractivity contribution in [1.29, 1.82) is 0 Å². The standard InChI is InChI=1S/C24H26F3NO6S2/c1-15(2)18-5-3-4-17(11-18)12-28-21-14-35(30,31)13-19(22(21)34-23(28)29)10-16-6-8-20(9-7-16)36(32,33)24(25,26)27/h3-9,11,15,19,21-22H,10,12-14H2,1-2H3/t19-,21+,22+/m1/s1. The number of carbonyl (C=O) groups excluding carboxylic acids is 1. The van der Waals surface area contributed by atoms with Crippen LogP contribution in [0.4, 0.5) is 18.0 Å². The van der Waals surface area contributed by atoms with Gasteiger partial charge in [0.15, 0.2) is 9.84 Å². The van der Waals surface area contributed by atoms with E-state index in [2.05, 4.69) is 0 Å². The summed E-state index contributed by atoms with van der Waals surface area (Å²) in [6.07, 6.45) is -1.24. The lowest BCUT2D eigenvalue weighted by Gasteiger charge is -2.34. The smallest absolute Gasteiger partial charge is 0.444 e. The van der Waals surface area contributed by atoms with Crippen LogP contribution in [0.1, 0.15) is 36.5 Å². The molecule has 0 radical (unpaired) electrons. The Bertz CT molecular complexity index is 1350. The van der Waals surface area contributed by atoms with Gasteiger partial charge in [0.2, 0.25) is 0 Å². The van der Waals surface area contributed by atoms with Gasteiger partial charge in [0, 0.05) is 12.5 Å². The van der Waals surface area contributed by atoms with Crippen LogP contribution >= 0.6 is 0 Å². The highest BCUT2D eigenvalue weighted by molar-refractivity contribution is 7.92. The topological polar surface area (TPSA) is 97.8 Å². The highest BCUT2D eigenvalue weighted by Gasteiger charge is 2.52. The number of rotatable bonds is 6. The zero-order chi connectivity index (χ0) is 26.5. The van der Waals surface area contributed by atoms with Crippen molar-refractivity contribution in [3.05, 3.63) is 65.2 Å². The maximum Gasteiger partial charge on any atom is 0.501 e. The first-order valence-electron chi connectivity index (χ1n) is 11.3. The van der Waals surface area contributed by atoms with Crippen LogP contribution in [0.15, 0.2) is 53.4 Å². The molecule has 3 atom stereocenters. The van der Waals surface area contributed by atoms with Crippen LogP contribution in [0, 0.1) is 5.92 Å². The maximum atomic E-state index is 12.8. The monoisotopic (exact) mass is 545 g/mol. The molecule has 1 amide bonds. The number of fused-ring (bicyclic) bond motifs is 1. The van der Waals surface area contributed by atoms with Crippen LogP contribution in [-0.4, -0.2) is 57.0 Å². The predicted molar refractivity (Wildman–Crippen MR) is 126 cm³/mol. The molecule has 2 saturated heterocycles. The number of benzene rings is 2. The number of carbonyl (C=O) groups is 1. The lowest BCUT2D eigenvalue weighted by atomic mass is 9.91. The summed E-state index contributed by atoms with van der Waals surface area (Å²) in [6, 6.07) is 11.1. The first-order chi connectivity index (χ1) is 16.7. The zero-order valence-corrected chi connectivity index (χ0v) is 21.2. The summed E-state index contributed by atoms with van der Waals surface area (Å²) < 4.78 is 92.7. The zero-order valence-electron chi connectivity index (χ0n) is 19.6. The van der Waals surface area contributed by atoms with E-state index < -0.39 is 54.2 Å². The first kappa shape index (κ1) is 26.5. The number of hydrogen-bond acceptors (Lipinski definition) is 6. The van der Waals surface area contributed by atoms with Crippen LogP contribution in [0.5, 0.6) is 0 Å². The molecule has 0 aromatic heterocycles. The lowest BCUT2D eigenvalue weighted by Crippen LogP contribution is -2.51. The summed E-state index contributed by atoms with van der Waals surface area (Å²) >= 11 is 0. The van der Waals surface area contributed by atoms with Gasteiger partial charge in [-0.3, -0.25) is 4.90 Å². The minimum atomic E-state index is -5.48. The van der Waals surface area contributed by atoms with Crippen LogP contribution in [0.3, 0.4) is 0 Å². The molecule has 7 nitrogen and oxygen atoms in total. The summed E-state index contributed by atoms with van der Waals surface area (Å²) in [5.74, 6) is -0.845. The van der Waals surface area contributed by atoms with Crippen LogP contribution in [0.25, 0.3) is 0 Å². The summed E-state index contributed by atoms with van der Waals surface area (Å²) in [7, 11) is -9.03. The SMILES string of the molecule is CC(C)c1cccc(CN2C(=O)O[C@H]3[C@H](Cc4ccc(S(=O)(=O)C(F)(F)F)cc4)CS(=O)(=O)C[C@@H]32)c1. The molecule has 0 aliphatic carbocycles. The van der Waals surface area contributed by atoms with Gasteiger partial charge in [-0.05, 0) is 41.2 Å². The molecular weight excluding hydrogens is 519 g/mol. The predicted octanol–water partition coefficient (Wildman–Crippen LogP) is 4.08. The maximum absolute atomic E-state index is 12.8. The van der Waals surface area contributed by atoms with Crippen molar-refractivity contribution >= 4 is 25.8 Å². The summed E-state index contributed by atoms with van der Waals surface area (Å²) in [6.45, 7) is 4.28. The Balaban J connectivity index is 1.55. The Hall–Kier alpha value is -2.60. The Morgan fingerprint density at radius 1 is 1.06 bits per heavy atom. The third-order valence-corrected chi connectivity index (χ3v) is 9.90. The fraction of sp³-hybridized carbons (Fsp3) is 0.458. The molecule has 2 heterocycles. The van der Waals surface area contributed by atoms with E-state index in [0.29, 0.717) is 5.56 Å². The number of nitrogens with zero attached hydrogens (tertiary/aromatic N) is 1. The van der Waals surface area contributed by atoms with Crippen molar-refractivity contribution in [2.45, 2.75) is 55.3 Å². The van der Waals surface area contributed by atoms with Gasteiger partial charge in [-0.15, -0.1) is 0 Å². The van der Waals surface area contributed by atoms with E-state index in [4.69, 9.17) is 4.74 Å². The molecule has 2 aromatic carbocycles. The second-order valence-corrected chi connectivity index (χ2v) is 13.7. The van der Waals surface area contributed by atoms with E-state index in [1.165, 1.54) is 17.0 Å². The van der Waals surface area contributed by atoms with Gasteiger partial charge in [0.25, 0.3) is 9.84 Å². The van der Waals surface area contributed by atoms with Gasteiger partial charge in [-0.25, -0.2) is 21.6 Å². The van der Waals surface area contributed by atoms with Gasteiger partial charge in [-0.1, -0.05) is 50.2 Å². The molecule has 2 aliphatic rings. The molecule has 36 heavy (non-hydrogen) atoms. The average Bonchev–Trinajstić information content (AvgIpc) is 3.08. The fourth-order valence-corrected chi connectivity index (χ4v) is 7.51. The third-order valence-electron chi connectivity index (χ3n) is 6.62. The minimum absolute atomic E-state index is 0.0939. The lowest BCUT2D eigenvalue weighted by molar-refractivity contribution is -0.0436. The molecule has 0 spiro atoms. The van der Waals surface area contributed by atoms with E-state index in [9.17, 15) is 34.8 Å². The van der Waals surface area contributed by atoms with Crippen LogP contribution in [-0.2, 0) is 37.4 Å². The molecule has 4 rings (SSSR count). The Labute approximate surface area is 208 Å². The fourth-order valence-electron chi connectivity index (χ4n) is 4.77. The van der Waals surface area contributed by atoms with Crippen LogP contribution in [0.2, 0.25) is 0 Å². The van der Waals surface area contributed by atoms with E-state index in [1.54, 1.807) is 0 Å². The average molecular weight is 546 g/mol. The quantitative estimate of drug-likeness (QED) is 0.543. The van der Waals surface area contributed by atoms with Gasteiger partial charge < -0.3 is 4.74 Å². The normalized spacial score (nSPS) is 24.0. The van der Waals surface area contributed by atoms with Crippen molar-refractivity contribution in [3.8, 4) is 0 Å². The highest BCUT2D eigenvalue weighted by Crippen LogP contribution is 2.36. The van der Waals surface area contributed by atoms with E-state index in [-0.39, 0.29) is 30.4 Å². The number of amides is 1. The van der Waals surface area contributed by atoms with Crippen molar-refractivity contribution < 1.29 is 39.5 Å². The summed E-state index contributed by atoms with van der Waals surface area (Å²) in [5.41, 5.74) is -3.05. The number of ether oxygens (including phenoxy) is 1. The summed E-state index contributed by atoms with van der Waals surface area (Å²) in [4.78, 5) is 13.3. The summed E-state index contributed by atoms with van der Waals surface area (Å²) in [5, 5.41) is 0. The molecule has 2 aromatic rings. The Kier molecular flexibility index (Phi) is 6.89. The highest BCUT2D eigenvalue weighted by atomic mass is 32.2. The van der Waals surface area contributed by atoms with Gasteiger partial charge in [0.05, 0.1) is 22.4 Å². The molecule has 196 valence electrons. The molecule has 12 heteroatoms. The number of sulfone groups is 2. The molecule has 0 saturated carbocycles. The molecule has 0 bridgehead atoms. The minimum Gasteiger partial charge on any atom is -0.444 e. The molecule has 2 fully saturated rings. The Morgan fingerprint density at radius 2 is 1.72 bits per heavy atom. The second kappa shape index (κ2) is 9.37. The molecule has 0 N–H and O–H groups in total. The number of halogens is 3.